The Morgan fingerprint density at radius 2 is 0.914 bits per heavy atom. The van der Waals surface area contributed by atoms with Gasteiger partial charge >= 0.3 is 0 Å². The van der Waals surface area contributed by atoms with Gasteiger partial charge in [0.1, 0.15) is 0 Å². The highest BCUT2D eigenvalue weighted by Gasteiger charge is 2.21. The SMILES string of the molecule is c1ccc(-c2nc(-c3ccc(-n4c5cc6ccccc6cc5c5ccc6ccccc6c54)c(-c4ccccc4)c3)nc(-c3ccc4c(c3)sc3ccccc34)n2)cc1. The molecule has 58 heavy (non-hydrogen) atoms. The summed E-state index contributed by atoms with van der Waals surface area (Å²) in [6.45, 7) is 0. The van der Waals surface area contributed by atoms with Crippen molar-refractivity contribution in [3.63, 3.8) is 0 Å². The van der Waals surface area contributed by atoms with Crippen LogP contribution in [0.4, 0.5) is 0 Å². The third-order valence-corrected chi connectivity index (χ3v) is 12.5. The second kappa shape index (κ2) is 13.1. The summed E-state index contributed by atoms with van der Waals surface area (Å²) in [6.07, 6.45) is 0. The second-order valence-corrected chi connectivity index (χ2v) is 15.9. The lowest BCUT2D eigenvalue weighted by atomic mass is 9.99. The van der Waals surface area contributed by atoms with E-state index >= 15 is 0 Å². The van der Waals surface area contributed by atoms with E-state index in [-0.39, 0.29) is 0 Å². The molecule has 0 bridgehead atoms. The van der Waals surface area contributed by atoms with E-state index in [0.717, 1.165) is 33.5 Å². The molecule has 12 rings (SSSR count). The van der Waals surface area contributed by atoms with Crippen LogP contribution in [-0.2, 0) is 0 Å². The fourth-order valence-electron chi connectivity index (χ4n) is 8.65. The van der Waals surface area contributed by atoms with Crippen LogP contribution in [0.25, 0.3) is 115 Å². The molecule has 0 amide bonds. The van der Waals surface area contributed by atoms with Gasteiger partial charge in [-0.05, 0) is 64.2 Å². The van der Waals surface area contributed by atoms with E-state index in [9.17, 15) is 0 Å². The van der Waals surface area contributed by atoms with Gasteiger partial charge in [-0.15, -0.1) is 11.3 Å². The lowest BCUT2D eigenvalue weighted by molar-refractivity contribution is 1.07. The van der Waals surface area contributed by atoms with Gasteiger partial charge in [0.15, 0.2) is 17.5 Å². The van der Waals surface area contributed by atoms with Crippen molar-refractivity contribution in [2.24, 2.45) is 0 Å². The lowest BCUT2D eigenvalue weighted by Crippen LogP contribution is -2.02. The molecule has 0 unspecified atom stereocenters. The minimum Gasteiger partial charge on any atom is -0.308 e. The van der Waals surface area contributed by atoms with Crippen LogP contribution < -0.4 is 0 Å². The zero-order valence-corrected chi connectivity index (χ0v) is 32.0. The Balaban J connectivity index is 1.12. The number of hydrogen-bond donors (Lipinski definition) is 0. The van der Waals surface area contributed by atoms with Gasteiger partial charge in [0.25, 0.3) is 0 Å². The van der Waals surface area contributed by atoms with Gasteiger partial charge in [0.05, 0.1) is 16.7 Å². The van der Waals surface area contributed by atoms with Crippen LogP contribution in [0.1, 0.15) is 0 Å². The average molecular weight is 757 g/mol. The van der Waals surface area contributed by atoms with Gasteiger partial charge in [0, 0.05) is 58.6 Å². The predicted octanol–water partition coefficient (Wildman–Crippen LogP) is 14.3. The Hall–Kier alpha value is -7.47. The van der Waals surface area contributed by atoms with Crippen LogP contribution in [0.15, 0.2) is 194 Å². The Labute approximate surface area is 338 Å². The van der Waals surface area contributed by atoms with E-state index in [2.05, 4.69) is 180 Å². The van der Waals surface area contributed by atoms with Crippen molar-refractivity contribution in [3.05, 3.63) is 194 Å². The third-order valence-electron chi connectivity index (χ3n) is 11.4. The Kier molecular flexibility index (Phi) is 7.37. The van der Waals surface area contributed by atoms with Crippen LogP contribution in [0.5, 0.6) is 0 Å². The van der Waals surface area contributed by atoms with Gasteiger partial charge in [-0.3, -0.25) is 0 Å². The first kappa shape index (κ1) is 32.7. The molecule has 3 heterocycles. The molecule has 4 nitrogen and oxygen atoms in total. The standard InChI is InChI=1S/C53H32N4S/c1-3-13-33(14-4-1)44-30-38(25-28-46(44)57-47-31-37-19-8-7-18-36(37)29-45(47)43-27-23-34-15-9-10-20-40(34)50(43)57)52-54-51(35-16-5-2-6-17-35)55-53(56-52)39-24-26-42-41-21-11-12-22-48(41)58-49(42)32-39/h1-32H. The van der Waals surface area contributed by atoms with E-state index in [0.29, 0.717) is 17.5 Å². The molecule has 0 saturated heterocycles. The Morgan fingerprint density at radius 1 is 0.345 bits per heavy atom. The monoisotopic (exact) mass is 756 g/mol. The summed E-state index contributed by atoms with van der Waals surface area (Å²) in [5.41, 5.74) is 8.48. The third kappa shape index (κ3) is 5.25. The van der Waals surface area contributed by atoms with E-state index in [1.54, 1.807) is 11.3 Å². The highest BCUT2D eigenvalue weighted by Crippen LogP contribution is 2.42. The molecule has 0 atom stereocenters. The molecule has 0 spiro atoms. The molecule has 0 N–H and O–H groups in total. The van der Waals surface area contributed by atoms with Gasteiger partial charge in [-0.2, -0.15) is 0 Å². The quantitative estimate of drug-likeness (QED) is 0.176. The Morgan fingerprint density at radius 3 is 1.69 bits per heavy atom. The summed E-state index contributed by atoms with van der Waals surface area (Å²) >= 11 is 1.80. The molecule has 5 heteroatoms. The van der Waals surface area contributed by atoms with Crippen LogP contribution in [0, 0.1) is 0 Å². The van der Waals surface area contributed by atoms with Gasteiger partial charge in [-0.25, -0.2) is 15.0 Å². The fraction of sp³-hybridized carbons (Fsp3) is 0. The van der Waals surface area contributed by atoms with E-state index in [4.69, 9.17) is 15.0 Å². The lowest BCUT2D eigenvalue weighted by Gasteiger charge is -2.17. The van der Waals surface area contributed by atoms with Crippen molar-refractivity contribution in [3.8, 4) is 51.0 Å². The smallest absolute Gasteiger partial charge is 0.164 e. The number of fused-ring (bicyclic) bond motifs is 9. The summed E-state index contributed by atoms with van der Waals surface area (Å²) in [6, 6.07) is 69.3. The van der Waals surface area contributed by atoms with Crippen molar-refractivity contribution in [2.75, 3.05) is 0 Å². The predicted molar refractivity (Wildman–Crippen MR) is 244 cm³/mol. The fourth-order valence-corrected chi connectivity index (χ4v) is 9.79. The molecule has 0 saturated carbocycles. The van der Waals surface area contributed by atoms with Gasteiger partial charge in [0.2, 0.25) is 0 Å². The summed E-state index contributed by atoms with van der Waals surface area (Å²) in [5, 5.41) is 9.84. The highest BCUT2D eigenvalue weighted by molar-refractivity contribution is 7.25. The maximum absolute atomic E-state index is 5.24. The van der Waals surface area contributed by atoms with Crippen LogP contribution in [-0.4, -0.2) is 19.5 Å². The number of aromatic nitrogens is 4. The molecular formula is C53H32N4S. The summed E-state index contributed by atoms with van der Waals surface area (Å²) in [5.74, 6) is 1.92. The summed E-state index contributed by atoms with van der Waals surface area (Å²) < 4.78 is 4.96. The van der Waals surface area contributed by atoms with E-state index in [1.807, 2.05) is 18.2 Å². The largest absolute Gasteiger partial charge is 0.308 e. The first-order valence-corrected chi connectivity index (χ1v) is 20.3. The van der Waals surface area contributed by atoms with Crippen LogP contribution in [0.3, 0.4) is 0 Å². The molecule has 0 radical (unpaired) electrons. The maximum atomic E-state index is 5.24. The van der Waals surface area contributed by atoms with Crippen LogP contribution >= 0.6 is 11.3 Å². The highest BCUT2D eigenvalue weighted by atomic mass is 32.1. The molecule has 0 fully saturated rings. The van der Waals surface area contributed by atoms with E-state index in [1.165, 1.54) is 63.5 Å². The summed E-state index contributed by atoms with van der Waals surface area (Å²) in [7, 11) is 0. The summed E-state index contributed by atoms with van der Waals surface area (Å²) in [4.78, 5) is 15.5. The zero-order chi connectivity index (χ0) is 38.2. The van der Waals surface area contributed by atoms with E-state index < -0.39 is 0 Å². The number of hydrogen-bond acceptors (Lipinski definition) is 4. The Bertz CT molecular complexity index is 3570. The minimum absolute atomic E-state index is 0.627. The van der Waals surface area contributed by atoms with Crippen molar-refractivity contribution in [1.29, 1.82) is 0 Å². The minimum atomic E-state index is 0.627. The second-order valence-electron chi connectivity index (χ2n) is 14.8. The van der Waals surface area contributed by atoms with Crippen molar-refractivity contribution < 1.29 is 0 Å². The molecule has 9 aromatic carbocycles. The zero-order valence-electron chi connectivity index (χ0n) is 31.2. The number of rotatable bonds is 5. The number of nitrogens with zero attached hydrogens (tertiary/aromatic N) is 4. The van der Waals surface area contributed by atoms with Crippen molar-refractivity contribution >= 4 is 74.9 Å². The molecular weight excluding hydrogens is 725 g/mol. The normalized spacial score (nSPS) is 11.8. The van der Waals surface area contributed by atoms with Crippen LogP contribution in [0.2, 0.25) is 0 Å². The first-order valence-electron chi connectivity index (χ1n) is 19.5. The number of benzene rings is 9. The number of thiophene rings is 1. The molecule has 12 aromatic rings. The molecule has 3 aromatic heterocycles. The molecule has 270 valence electrons. The van der Waals surface area contributed by atoms with Gasteiger partial charge < -0.3 is 4.57 Å². The van der Waals surface area contributed by atoms with Crippen molar-refractivity contribution in [1.82, 2.24) is 19.5 Å². The van der Waals surface area contributed by atoms with Gasteiger partial charge in [-0.1, -0.05) is 152 Å². The first-order chi connectivity index (χ1) is 28.7. The maximum Gasteiger partial charge on any atom is 0.164 e. The van der Waals surface area contributed by atoms with Crippen molar-refractivity contribution in [2.45, 2.75) is 0 Å². The molecule has 0 aliphatic carbocycles. The molecule has 0 aliphatic heterocycles. The average Bonchev–Trinajstić information content (AvgIpc) is 3.83. The topological polar surface area (TPSA) is 43.6 Å². The molecule has 0 aliphatic rings.